The molecule has 1 fully saturated rings. The molecule has 1 amide bonds. The van der Waals surface area contributed by atoms with Crippen LogP contribution in [0.25, 0.3) is 0 Å². The van der Waals surface area contributed by atoms with Gasteiger partial charge in [0.1, 0.15) is 0 Å². The first-order valence-corrected chi connectivity index (χ1v) is 8.31. The van der Waals surface area contributed by atoms with Gasteiger partial charge in [0.05, 0.1) is 4.90 Å². The number of carboxylic acid groups (broad SMARTS) is 1. The van der Waals surface area contributed by atoms with E-state index in [-0.39, 0.29) is 24.5 Å². The zero-order valence-corrected chi connectivity index (χ0v) is 13.3. The van der Waals surface area contributed by atoms with Crippen molar-refractivity contribution < 1.29 is 18.3 Å². The fourth-order valence-electron chi connectivity index (χ4n) is 2.25. The number of hydrogen-bond acceptors (Lipinski definition) is 3. The Balaban J connectivity index is 2.28. The molecule has 2 rings (SSSR count). The average Bonchev–Trinajstić information content (AvgIpc) is 2.38. The lowest BCUT2D eigenvalue weighted by atomic mass is 10.2. The van der Waals surface area contributed by atoms with E-state index in [1.54, 1.807) is 25.1 Å². The molecule has 0 bridgehead atoms. The smallest absolute Gasteiger partial charge is 0.407 e. The van der Waals surface area contributed by atoms with E-state index in [1.807, 2.05) is 0 Å². The van der Waals surface area contributed by atoms with Crippen LogP contribution in [0.3, 0.4) is 0 Å². The van der Waals surface area contributed by atoms with Gasteiger partial charge in [0.15, 0.2) is 0 Å². The Morgan fingerprint density at radius 2 is 2.00 bits per heavy atom. The maximum absolute atomic E-state index is 12.6. The zero-order chi connectivity index (χ0) is 14.9. The van der Waals surface area contributed by atoms with Gasteiger partial charge in [-0.25, -0.2) is 13.2 Å². The number of sulfonamides is 1. The van der Waals surface area contributed by atoms with E-state index in [2.05, 4.69) is 15.9 Å². The summed E-state index contributed by atoms with van der Waals surface area (Å²) in [7, 11) is -3.62. The van der Waals surface area contributed by atoms with Crippen LogP contribution in [0.15, 0.2) is 33.6 Å². The number of benzene rings is 1. The minimum atomic E-state index is -3.62. The van der Waals surface area contributed by atoms with Crippen LogP contribution in [0, 0.1) is 0 Å². The molecule has 110 valence electrons. The summed E-state index contributed by atoms with van der Waals surface area (Å²) in [4.78, 5) is 12.4. The van der Waals surface area contributed by atoms with Gasteiger partial charge < -0.3 is 10.0 Å². The second kappa shape index (κ2) is 5.71. The number of carbonyl (C=O) groups is 1. The molecule has 6 nitrogen and oxygen atoms in total. The van der Waals surface area contributed by atoms with E-state index in [1.165, 1.54) is 15.3 Å². The number of rotatable bonds is 2. The lowest BCUT2D eigenvalue weighted by molar-refractivity contribution is 0.109. The van der Waals surface area contributed by atoms with Gasteiger partial charge in [-0.05, 0) is 35.0 Å². The fraction of sp³-hybridized carbons (Fsp3) is 0.417. The van der Waals surface area contributed by atoms with Crippen LogP contribution >= 0.6 is 15.9 Å². The third-order valence-electron chi connectivity index (χ3n) is 3.26. The van der Waals surface area contributed by atoms with Crippen molar-refractivity contribution in [2.75, 3.05) is 19.6 Å². The summed E-state index contributed by atoms with van der Waals surface area (Å²) in [5, 5.41) is 8.96. The highest BCUT2D eigenvalue weighted by Crippen LogP contribution is 2.27. The molecule has 0 aromatic heterocycles. The van der Waals surface area contributed by atoms with Crippen molar-refractivity contribution in [2.45, 2.75) is 17.9 Å². The summed E-state index contributed by atoms with van der Waals surface area (Å²) < 4.78 is 27.1. The molecule has 1 saturated heterocycles. The van der Waals surface area contributed by atoms with E-state index in [4.69, 9.17) is 5.11 Å². The van der Waals surface area contributed by atoms with Gasteiger partial charge in [0, 0.05) is 30.1 Å². The van der Waals surface area contributed by atoms with Crippen molar-refractivity contribution >= 4 is 32.0 Å². The first kappa shape index (κ1) is 15.3. The molecule has 0 spiro atoms. The predicted molar refractivity (Wildman–Crippen MR) is 77.1 cm³/mol. The Bertz CT molecular complexity index is 620. The van der Waals surface area contributed by atoms with Gasteiger partial charge in [0.25, 0.3) is 0 Å². The quantitative estimate of drug-likeness (QED) is 0.870. The largest absolute Gasteiger partial charge is 0.465 e. The minimum Gasteiger partial charge on any atom is -0.465 e. The van der Waals surface area contributed by atoms with Gasteiger partial charge in [-0.15, -0.1) is 0 Å². The van der Waals surface area contributed by atoms with E-state index >= 15 is 0 Å². The molecule has 1 heterocycles. The SMILES string of the molecule is C[C@H]1CN(C(=O)O)CCN1S(=O)(=O)c1ccccc1Br. The molecule has 20 heavy (non-hydrogen) atoms. The molecule has 1 aromatic rings. The molecular weight excluding hydrogens is 348 g/mol. The second-order valence-electron chi connectivity index (χ2n) is 4.62. The third-order valence-corrected chi connectivity index (χ3v) is 6.29. The normalized spacial score (nSPS) is 20.9. The van der Waals surface area contributed by atoms with E-state index < -0.39 is 22.2 Å². The molecule has 1 aromatic carbocycles. The summed E-state index contributed by atoms with van der Waals surface area (Å²) in [6.45, 7) is 2.24. The first-order chi connectivity index (χ1) is 9.34. The minimum absolute atomic E-state index is 0.164. The van der Waals surface area contributed by atoms with Gasteiger partial charge in [0.2, 0.25) is 10.0 Å². The summed E-state index contributed by atoms with van der Waals surface area (Å²) in [5.41, 5.74) is 0. The lowest BCUT2D eigenvalue weighted by Gasteiger charge is -2.37. The van der Waals surface area contributed by atoms with Gasteiger partial charge >= 0.3 is 6.09 Å². The molecular formula is C12H15BrN2O4S. The molecule has 0 radical (unpaired) electrons. The van der Waals surface area contributed by atoms with Gasteiger partial charge in [-0.1, -0.05) is 12.1 Å². The zero-order valence-electron chi connectivity index (χ0n) is 10.9. The molecule has 0 aliphatic carbocycles. The van der Waals surface area contributed by atoms with Crippen molar-refractivity contribution in [3.63, 3.8) is 0 Å². The number of piperazine rings is 1. The number of hydrogen-bond donors (Lipinski definition) is 1. The topological polar surface area (TPSA) is 77.9 Å². The van der Waals surface area contributed by atoms with Crippen LogP contribution in [0.1, 0.15) is 6.92 Å². The second-order valence-corrected chi connectivity index (χ2v) is 7.34. The number of amides is 1. The Hall–Kier alpha value is -1.12. The van der Waals surface area contributed by atoms with E-state index in [0.717, 1.165) is 0 Å². The molecule has 0 unspecified atom stereocenters. The predicted octanol–water partition coefficient (Wildman–Crippen LogP) is 1.82. The number of halogens is 1. The molecule has 1 N–H and O–H groups in total. The summed E-state index contributed by atoms with van der Waals surface area (Å²) in [5.74, 6) is 0. The Morgan fingerprint density at radius 3 is 2.55 bits per heavy atom. The summed E-state index contributed by atoms with van der Waals surface area (Å²) >= 11 is 3.24. The maximum atomic E-state index is 12.6. The summed E-state index contributed by atoms with van der Waals surface area (Å²) in [6, 6.07) is 6.22. The van der Waals surface area contributed by atoms with Crippen LogP contribution in [0.5, 0.6) is 0 Å². The fourth-order valence-corrected chi connectivity index (χ4v) is 4.83. The highest BCUT2D eigenvalue weighted by atomic mass is 79.9. The van der Waals surface area contributed by atoms with Crippen LogP contribution in [0.2, 0.25) is 0 Å². The third kappa shape index (κ3) is 2.82. The van der Waals surface area contributed by atoms with Crippen molar-refractivity contribution in [3.8, 4) is 0 Å². The highest BCUT2D eigenvalue weighted by molar-refractivity contribution is 9.10. The molecule has 1 aliphatic rings. The van der Waals surface area contributed by atoms with Crippen molar-refractivity contribution in [1.29, 1.82) is 0 Å². The van der Waals surface area contributed by atoms with Crippen LogP contribution in [-0.2, 0) is 10.0 Å². The Kier molecular flexibility index (Phi) is 4.36. The summed E-state index contributed by atoms with van der Waals surface area (Å²) in [6.07, 6.45) is -1.02. The average molecular weight is 363 g/mol. The monoisotopic (exact) mass is 362 g/mol. The molecule has 1 atom stereocenters. The van der Waals surface area contributed by atoms with E-state index in [0.29, 0.717) is 4.47 Å². The van der Waals surface area contributed by atoms with Crippen molar-refractivity contribution in [3.05, 3.63) is 28.7 Å². The lowest BCUT2D eigenvalue weighted by Crippen LogP contribution is -2.55. The standard InChI is InChI=1S/C12H15BrN2O4S/c1-9-8-14(12(16)17)6-7-15(9)20(18,19)11-5-3-2-4-10(11)13/h2-5,9H,6-8H2,1H3,(H,16,17)/t9-/m0/s1. The Morgan fingerprint density at radius 1 is 1.35 bits per heavy atom. The van der Waals surface area contributed by atoms with Crippen LogP contribution in [0.4, 0.5) is 4.79 Å². The van der Waals surface area contributed by atoms with Gasteiger partial charge in [-0.2, -0.15) is 4.31 Å². The Labute approximate surface area is 126 Å². The van der Waals surface area contributed by atoms with E-state index in [9.17, 15) is 13.2 Å². The van der Waals surface area contributed by atoms with Crippen molar-refractivity contribution in [1.82, 2.24) is 9.21 Å². The van der Waals surface area contributed by atoms with Crippen LogP contribution in [-0.4, -0.2) is 54.5 Å². The molecule has 8 heteroatoms. The van der Waals surface area contributed by atoms with Crippen molar-refractivity contribution in [2.24, 2.45) is 0 Å². The maximum Gasteiger partial charge on any atom is 0.407 e. The first-order valence-electron chi connectivity index (χ1n) is 6.08. The highest BCUT2D eigenvalue weighted by Gasteiger charge is 2.35. The molecule has 0 saturated carbocycles. The van der Waals surface area contributed by atoms with Gasteiger partial charge in [-0.3, -0.25) is 0 Å². The van der Waals surface area contributed by atoms with Crippen LogP contribution < -0.4 is 0 Å². The number of nitrogens with zero attached hydrogens (tertiary/aromatic N) is 2. The molecule has 1 aliphatic heterocycles.